The monoisotopic (exact) mass is 624 g/mol. The summed E-state index contributed by atoms with van der Waals surface area (Å²) in [6.07, 6.45) is 8.97. The van der Waals surface area contributed by atoms with Gasteiger partial charge in [-0.15, -0.1) is 0 Å². The first-order valence-corrected chi connectivity index (χ1v) is 16.6. The number of hydrogen-bond acceptors (Lipinski definition) is 7. The minimum absolute atomic E-state index is 0.0277. The molecule has 2 aromatic carbocycles. The van der Waals surface area contributed by atoms with Gasteiger partial charge in [-0.2, -0.15) is 5.26 Å². The van der Waals surface area contributed by atoms with Crippen LogP contribution in [-0.4, -0.2) is 67.7 Å². The van der Waals surface area contributed by atoms with E-state index >= 15 is 0 Å². The maximum atomic E-state index is 14.0. The highest BCUT2D eigenvalue weighted by Gasteiger charge is 2.41. The molecule has 2 unspecified atom stereocenters. The molecule has 236 valence electrons. The van der Waals surface area contributed by atoms with E-state index in [9.17, 15) is 10.1 Å². The summed E-state index contributed by atoms with van der Waals surface area (Å²) in [7, 11) is 1.68. The maximum absolute atomic E-state index is 14.0. The predicted molar refractivity (Wildman–Crippen MR) is 179 cm³/mol. The lowest BCUT2D eigenvalue weighted by molar-refractivity contribution is 0.0751. The maximum Gasteiger partial charge on any atom is 0.254 e. The number of carbonyl (C=O) groups excluding carboxylic acids is 1. The number of rotatable bonds is 8. The molecule has 1 saturated carbocycles. The van der Waals surface area contributed by atoms with E-state index in [1.807, 2.05) is 17.0 Å². The van der Waals surface area contributed by atoms with Crippen molar-refractivity contribution in [2.24, 2.45) is 17.8 Å². The first kappa shape index (κ1) is 28.1. The number of imidazole rings is 1. The molecule has 47 heavy (non-hydrogen) atoms. The minimum Gasteiger partial charge on any atom is -0.494 e. The van der Waals surface area contributed by atoms with Crippen LogP contribution in [0.3, 0.4) is 0 Å². The molecule has 0 radical (unpaired) electrons. The Morgan fingerprint density at radius 1 is 1.06 bits per heavy atom. The van der Waals surface area contributed by atoms with Crippen LogP contribution < -0.4 is 9.64 Å². The molecule has 0 spiro atoms. The van der Waals surface area contributed by atoms with E-state index in [0.29, 0.717) is 41.3 Å². The van der Waals surface area contributed by atoms with Crippen molar-refractivity contribution in [2.45, 2.75) is 45.3 Å². The number of nitrogens with zero attached hydrogens (tertiary/aromatic N) is 8. The Bertz CT molecular complexity index is 2140. The standard InChI is InChI=1S/C37H36N8O2/c1-22-28-10-9-26(28)20-43(22)37(46)27-11-29-35(34(13-27)47-2)45(19-24-16-42(17-24)33-15-39-21-40-30(33)14-38)36(41-29)32-12-25-5-3-4-6-31(25)44(32)18-23-7-8-23/h3-6,10-13,15,21-24,26H,7-9,16-20H2,1-2H3. The summed E-state index contributed by atoms with van der Waals surface area (Å²) in [6.45, 7) is 6.12. The second-order valence-corrected chi connectivity index (χ2v) is 13.6. The van der Waals surface area contributed by atoms with Gasteiger partial charge in [-0.1, -0.05) is 24.3 Å². The van der Waals surface area contributed by atoms with Gasteiger partial charge in [0.1, 0.15) is 23.7 Å². The summed E-state index contributed by atoms with van der Waals surface area (Å²) in [4.78, 5) is 31.8. The van der Waals surface area contributed by atoms with E-state index in [4.69, 9.17) is 9.72 Å². The number of nitriles is 1. The molecule has 5 heterocycles. The zero-order valence-corrected chi connectivity index (χ0v) is 26.6. The Morgan fingerprint density at radius 2 is 1.89 bits per heavy atom. The molecule has 2 aliphatic carbocycles. The van der Waals surface area contributed by atoms with Crippen molar-refractivity contribution in [3.63, 3.8) is 0 Å². The fourth-order valence-electron chi connectivity index (χ4n) is 7.93. The normalized spacial score (nSPS) is 20.6. The number of benzene rings is 2. The fraction of sp³-hybridized carbons (Fsp3) is 0.378. The highest BCUT2D eigenvalue weighted by molar-refractivity contribution is 6.01. The number of amides is 1. The van der Waals surface area contributed by atoms with Crippen molar-refractivity contribution in [3.8, 4) is 23.3 Å². The lowest BCUT2D eigenvalue weighted by atomic mass is 9.85. The van der Waals surface area contributed by atoms with Crippen molar-refractivity contribution < 1.29 is 9.53 Å². The first-order valence-electron chi connectivity index (χ1n) is 16.6. The molecule has 3 aromatic heterocycles. The molecular formula is C37H36N8O2. The Labute approximate surface area is 272 Å². The zero-order chi connectivity index (χ0) is 31.8. The number of anilines is 1. The van der Waals surface area contributed by atoms with E-state index in [-0.39, 0.29) is 11.9 Å². The van der Waals surface area contributed by atoms with Crippen LogP contribution in [0.4, 0.5) is 5.69 Å². The van der Waals surface area contributed by atoms with E-state index in [1.165, 1.54) is 35.6 Å². The minimum atomic E-state index is 0.0277. The fourth-order valence-corrected chi connectivity index (χ4v) is 7.93. The quantitative estimate of drug-likeness (QED) is 0.205. The number of ether oxygens (including phenoxy) is 1. The molecule has 2 saturated heterocycles. The number of methoxy groups -OCH3 is 1. The average Bonchev–Trinajstić information content (AvgIpc) is 3.64. The average molecular weight is 625 g/mol. The summed E-state index contributed by atoms with van der Waals surface area (Å²) in [5, 5.41) is 10.8. The van der Waals surface area contributed by atoms with Gasteiger partial charge in [0.15, 0.2) is 11.5 Å². The van der Waals surface area contributed by atoms with E-state index in [2.05, 4.69) is 73.4 Å². The van der Waals surface area contributed by atoms with Crippen molar-refractivity contribution in [1.29, 1.82) is 5.26 Å². The largest absolute Gasteiger partial charge is 0.494 e. The van der Waals surface area contributed by atoms with Crippen LogP contribution in [0, 0.1) is 29.1 Å². The van der Waals surface area contributed by atoms with Crippen molar-refractivity contribution in [1.82, 2.24) is 29.0 Å². The van der Waals surface area contributed by atoms with Crippen LogP contribution in [0.25, 0.3) is 33.5 Å². The van der Waals surface area contributed by atoms with Crippen LogP contribution in [0.1, 0.15) is 42.2 Å². The highest BCUT2D eigenvalue weighted by atomic mass is 16.5. The van der Waals surface area contributed by atoms with Gasteiger partial charge in [0.05, 0.1) is 36.2 Å². The Kier molecular flexibility index (Phi) is 6.39. The van der Waals surface area contributed by atoms with Gasteiger partial charge < -0.3 is 23.7 Å². The van der Waals surface area contributed by atoms with Gasteiger partial charge in [0.2, 0.25) is 0 Å². The molecule has 10 heteroatoms. The topological polar surface area (TPSA) is 105 Å². The Morgan fingerprint density at radius 3 is 2.62 bits per heavy atom. The summed E-state index contributed by atoms with van der Waals surface area (Å²) in [6, 6.07) is 17.0. The third-order valence-corrected chi connectivity index (χ3v) is 10.7. The van der Waals surface area contributed by atoms with E-state index in [1.54, 1.807) is 13.3 Å². The molecule has 0 N–H and O–H groups in total. The van der Waals surface area contributed by atoms with Gasteiger partial charge >= 0.3 is 0 Å². The number of hydrogen-bond donors (Lipinski definition) is 0. The van der Waals surface area contributed by atoms with Gasteiger partial charge in [-0.25, -0.2) is 15.0 Å². The van der Waals surface area contributed by atoms with E-state index < -0.39 is 0 Å². The zero-order valence-electron chi connectivity index (χ0n) is 26.6. The number of likely N-dealkylation sites (tertiary alicyclic amines) is 1. The Balaban J connectivity index is 1.14. The highest BCUT2D eigenvalue weighted by Crippen LogP contribution is 2.42. The van der Waals surface area contributed by atoms with Crippen molar-refractivity contribution in [3.05, 3.63) is 77.9 Å². The molecule has 1 amide bonds. The molecule has 2 aliphatic heterocycles. The van der Waals surface area contributed by atoms with Crippen molar-refractivity contribution in [2.75, 3.05) is 31.6 Å². The van der Waals surface area contributed by atoms with Gasteiger partial charge in [0, 0.05) is 61.0 Å². The number of allylic oxidation sites excluding steroid dienone is 1. The summed E-state index contributed by atoms with van der Waals surface area (Å²) in [5.74, 6) is 3.04. The van der Waals surface area contributed by atoms with Crippen LogP contribution >= 0.6 is 0 Å². The third-order valence-electron chi connectivity index (χ3n) is 10.7. The van der Waals surface area contributed by atoms with E-state index in [0.717, 1.165) is 60.8 Å². The second-order valence-electron chi connectivity index (χ2n) is 13.6. The molecule has 10 nitrogen and oxygen atoms in total. The second kappa shape index (κ2) is 10.7. The lowest BCUT2D eigenvalue weighted by Crippen LogP contribution is -2.49. The SMILES string of the molecule is COc1cc(C(=O)N2CC3CC=C3C2C)cc2nc(-c3cc4ccccc4n3CC3CC3)n(CC3CN(c4cncnc4C#N)C3)c12. The van der Waals surface area contributed by atoms with Gasteiger partial charge in [-0.3, -0.25) is 4.79 Å². The predicted octanol–water partition coefficient (Wildman–Crippen LogP) is 5.67. The van der Waals surface area contributed by atoms with Gasteiger partial charge in [0.25, 0.3) is 5.91 Å². The molecule has 0 bridgehead atoms. The summed E-state index contributed by atoms with van der Waals surface area (Å²) >= 11 is 0. The Hall–Kier alpha value is -5.17. The molecule has 4 aliphatic rings. The number of aromatic nitrogens is 5. The van der Waals surface area contributed by atoms with Crippen molar-refractivity contribution >= 4 is 33.5 Å². The third kappa shape index (κ3) is 4.51. The number of para-hydroxylation sites is 1. The van der Waals surface area contributed by atoms with Crippen LogP contribution in [-0.2, 0) is 13.1 Å². The molecular weight excluding hydrogens is 588 g/mol. The van der Waals surface area contributed by atoms with Crippen LogP contribution in [0.15, 0.2) is 66.6 Å². The molecule has 9 rings (SSSR count). The first-order chi connectivity index (χ1) is 23.0. The smallest absolute Gasteiger partial charge is 0.254 e. The van der Waals surface area contributed by atoms with Gasteiger partial charge in [-0.05, 0) is 61.9 Å². The molecule has 2 atom stereocenters. The molecule has 3 fully saturated rings. The lowest BCUT2D eigenvalue weighted by Gasteiger charge is -2.41. The summed E-state index contributed by atoms with van der Waals surface area (Å²) in [5.41, 5.74) is 7.13. The number of fused-ring (bicyclic) bond motifs is 3. The summed E-state index contributed by atoms with van der Waals surface area (Å²) < 4.78 is 10.8. The molecule has 5 aromatic rings. The van der Waals surface area contributed by atoms with Crippen LogP contribution in [0.2, 0.25) is 0 Å². The van der Waals surface area contributed by atoms with Crippen LogP contribution in [0.5, 0.6) is 5.75 Å². The number of carbonyl (C=O) groups is 1.